The molecular weight excluding hydrogens is 440 g/mol. The number of nitrogens with zero attached hydrogens (tertiary/aromatic N) is 1. The minimum absolute atomic E-state index is 0.0556. The van der Waals surface area contributed by atoms with Gasteiger partial charge in [0.15, 0.2) is 0 Å². The molecule has 1 atom stereocenters. The van der Waals surface area contributed by atoms with Gasteiger partial charge in [-0.25, -0.2) is 9.59 Å². The third-order valence-corrected chi connectivity index (χ3v) is 5.80. The predicted molar refractivity (Wildman–Crippen MR) is 121 cm³/mol. The van der Waals surface area contributed by atoms with E-state index in [1.54, 1.807) is 62.4 Å². The van der Waals surface area contributed by atoms with Crippen molar-refractivity contribution in [3.8, 4) is 0 Å². The van der Waals surface area contributed by atoms with Gasteiger partial charge in [-0.05, 0) is 25.0 Å². The molecule has 1 N–H and O–H groups in total. The van der Waals surface area contributed by atoms with Crippen molar-refractivity contribution in [2.45, 2.75) is 32.4 Å². The van der Waals surface area contributed by atoms with Crippen molar-refractivity contribution >= 4 is 34.8 Å². The number of esters is 2. The number of amides is 3. The van der Waals surface area contributed by atoms with E-state index in [1.807, 2.05) is 6.07 Å². The van der Waals surface area contributed by atoms with E-state index < -0.39 is 36.0 Å². The Hall–Kier alpha value is -4.14. The second kappa shape index (κ2) is 9.38. The standard InChI is InChI=1S/C25H24N2O7/c1-3-25(16-10-6-5-7-11-16)23(30)27(24(31)26-25)14-20(28)33-15-18-17-12-8-9-13-19(17)34-21(18)22(29)32-4-2/h5-13H,3-4,14-15H2,1-2H3,(H,26,31). The van der Waals surface area contributed by atoms with Crippen LogP contribution >= 0.6 is 0 Å². The Morgan fingerprint density at radius 3 is 2.41 bits per heavy atom. The van der Waals surface area contributed by atoms with Crippen LogP contribution in [0.4, 0.5) is 4.79 Å². The Labute approximate surface area is 195 Å². The van der Waals surface area contributed by atoms with Crippen molar-refractivity contribution < 1.29 is 33.1 Å². The lowest BCUT2D eigenvalue weighted by Gasteiger charge is -2.25. The molecule has 9 heteroatoms. The van der Waals surface area contributed by atoms with E-state index in [9.17, 15) is 19.2 Å². The van der Waals surface area contributed by atoms with Crippen LogP contribution in [0.25, 0.3) is 11.0 Å². The van der Waals surface area contributed by atoms with Crippen molar-refractivity contribution in [2.75, 3.05) is 13.2 Å². The fraction of sp³-hybridized carbons (Fsp3) is 0.280. The smallest absolute Gasteiger partial charge is 0.374 e. The van der Waals surface area contributed by atoms with Gasteiger partial charge in [0.2, 0.25) is 5.76 Å². The Morgan fingerprint density at radius 1 is 1.00 bits per heavy atom. The molecular formula is C25H24N2O7. The molecule has 1 unspecified atom stereocenters. The van der Waals surface area contributed by atoms with Crippen molar-refractivity contribution in [3.05, 3.63) is 71.5 Å². The summed E-state index contributed by atoms with van der Waals surface area (Å²) < 4.78 is 16.0. The number of carbonyl (C=O) groups is 4. The first-order valence-corrected chi connectivity index (χ1v) is 10.9. The van der Waals surface area contributed by atoms with Crippen LogP contribution in [0, 0.1) is 0 Å². The Bertz CT molecular complexity index is 1250. The number of imide groups is 1. The summed E-state index contributed by atoms with van der Waals surface area (Å²) in [4.78, 5) is 51.6. The van der Waals surface area contributed by atoms with Crippen LogP contribution in [0.2, 0.25) is 0 Å². The summed E-state index contributed by atoms with van der Waals surface area (Å²) >= 11 is 0. The lowest BCUT2D eigenvalue weighted by Crippen LogP contribution is -2.43. The highest BCUT2D eigenvalue weighted by Crippen LogP contribution is 2.32. The summed E-state index contributed by atoms with van der Waals surface area (Å²) in [5.41, 5.74) is 0.194. The summed E-state index contributed by atoms with van der Waals surface area (Å²) in [7, 11) is 0. The number of fused-ring (bicyclic) bond motifs is 1. The Morgan fingerprint density at radius 2 is 1.71 bits per heavy atom. The van der Waals surface area contributed by atoms with Gasteiger partial charge >= 0.3 is 18.0 Å². The van der Waals surface area contributed by atoms with Gasteiger partial charge in [0.1, 0.15) is 24.3 Å². The lowest BCUT2D eigenvalue weighted by molar-refractivity contribution is -0.149. The van der Waals surface area contributed by atoms with Gasteiger partial charge in [-0.2, -0.15) is 0 Å². The summed E-state index contributed by atoms with van der Waals surface area (Å²) in [5, 5.41) is 3.32. The molecule has 2 aromatic carbocycles. The molecule has 34 heavy (non-hydrogen) atoms. The molecule has 1 fully saturated rings. The maximum Gasteiger partial charge on any atom is 0.374 e. The summed E-state index contributed by atoms with van der Waals surface area (Å²) in [6.07, 6.45) is 0.317. The van der Waals surface area contributed by atoms with Crippen LogP contribution in [0.1, 0.15) is 41.9 Å². The molecule has 4 rings (SSSR count). The zero-order valence-electron chi connectivity index (χ0n) is 18.8. The number of urea groups is 1. The zero-order chi connectivity index (χ0) is 24.3. The van der Waals surface area contributed by atoms with Gasteiger partial charge in [0.05, 0.1) is 12.2 Å². The van der Waals surface area contributed by atoms with Gasteiger partial charge in [0, 0.05) is 5.39 Å². The van der Waals surface area contributed by atoms with Crippen molar-refractivity contribution in [1.82, 2.24) is 10.2 Å². The molecule has 0 bridgehead atoms. The van der Waals surface area contributed by atoms with E-state index in [1.165, 1.54) is 0 Å². The number of hydrogen-bond acceptors (Lipinski definition) is 7. The molecule has 1 saturated heterocycles. The first-order chi connectivity index (χ1) is 16.4. The number of furan rings is 1. The highest BCUT2D eigenvalue weighted by molar-refractivity contribution is 6.09. The average molecular weight is 464 g/mol. The molecule has 0 saturated carbocycles. The van der Waals surface area contributed by atoms with Crippen molar-refractivity contribution in [2.24, 2.45) is 0 Å². The number of ether oxygens (including phenoxy) is 2. The van der Waals surface area contributed by atoms with Crippen LogP contribution in [0.15, 0.2) is 59.0 Å². The molecule has 3 amide bonds. The van der Waals surface area contributed by atoms with Crippen molar-refractivity contribution in [1.29, 1.82) is 0 Å². The second-order valence-electron chi connectivity index (χ2n) is 7.73. The summed E-state index contributed by atoms with van der Waals surface area (Å²) in [6.45, 7) is 2.76. The van der Waals surface area contributed by atoms with Crippen LogP contribution in [-0.4, -0.2) is 41.9 Å². The number of benzene rings is 2. The van der Waals surface area contributed by atoms with Gasteiger partial charge in [-0.3, -0.25) is 14.5 Å². The third-order valence-electron chi connectivity index (χ3n) is 5.80. The van der Waals surface area contributed by atoms with Gasteiger partial charge < -0.3 is 19.2 Å². The molecule has 1 aliphatic heterocycles. The molecule has 2 heterocycles. The van der Waals surface area contributed by atoms with E-state index in [2.05, 4.69) is 5.32 Å². The molecule has 0 spiro atoms. The van der Waals surface area contributed by atoms with Crippen LogP contribution in [-0.2, 0) is 31.2 Å². The number of para-hydroxylation sites is 1. The van der Waals surface area contributed by atoms with E-state index in [4.69, 9.17) is 13.9 Å². The first kappa shape index (κ1) is 23.0. The molecule has 1 aliphatic rings. The number of nitrogens with one attached hydrogen (secondary N) is 1. The quantitative estimate of drug-likeness (QED) is 0.401. The average Bonchev–Trinajstić information content (AvgIpc) is 3.34. The molecule has 9 nitrogen and oxygen atoms in total. The van der Waals surface area contributed by atoms with Crippen LogP contribution in [0.5, 0.6) is 0 Å². The third kappa shape index (κ3) is 4.00. The van der Waals surface area contributed by atoms with E-state index >= 15 is 0 Å². The van der Waals surface area contributed by atoms with Gasteiger partial charge in [-0.15, -0.1) is 0 Å². The SMILES string of the molecule is CCOC(=O)c1oc2ccccc2c1COC(=O)CN1C(=O)NC(CC)(c2ccccc2)C1=O. The predicted octanol–water partition coefficient (Wildman–Crippen LogP) is 3.51. The molecule has 1 aromatic heterocycles. The normalized spacial score (nSPS) is 17.6. The van der Waals surface area contributed by atoms with Gasteiger partial charge in [0.25, 0.3) is 5.91 Å². The highest BCUT2D eigenvalue weighted by Gasteiger charge is 2.51. The number of carbonyl (C=O) groups excluding carboxylic acids is 4. The summed E-state index contributed by atoms with van der Waals surface area (Å²) in [6, 6.07) is 15.1. The Kier molecular flexibility index (Phi) is 6.36. The van der Waals surface area contributed by atoms with E-state index in [0.717, 1.165) is 4.90 Å². The van der Waals surface area contributed by atoms with Crippen molar-refractivity contribution in [3.63, 3.8) is 0 Å². The van der Waals surface area contributed by atoms with Gasteiger partial charge in [-0.1, -0.05) is 55.5 Å². The lowest BCUT2D eigenvalue weighted by atomic mass is 9.87. The fourth-order valence-electron chi connectivity index (χ4n) is 4.06. The minimum Gasteiger partial charge on any atom is -0.460 e. The maximum atomic E-state index is 13.2. The maximum absolute atomic E-state index is 13.2. The van der Waals surface area contributed by atoms with E-state index in [0.29, 0.717) is 28.5 Å². The first-order valence-electron chi connectivity index (χ1n) is 10.9. The minimum atomic E-state index is -1.24. The summed E-state index contributed by atoms with van der Waals surface area (Å²) in [5.74, 6) is -2.05. The highest BCUT2D eigenvalue weighted by atomic mass is 16.5. The second-order valence-corrected chi connectivity index (χ2v) is 7.73. The molecule has 176 valence electrons. The van der Waals surface area contributed by atoms with Crippen LogP contribution in [0.3, 0.4) is 0 Å². The fourth-order valence-corrected chi connectivity index (χ4v) is 4.06. The monoisotopic (exact) mass is 464 g/mol. The molecule has 0 aliphatic carbocycles. The molecule has 0 radical (unpaired) electrons. The zero-order valence-corrected chi connectivity index (χ0v) is 18.8. The molecule has 3 aromatic rings. The largest absolute Gasteiger partial charge is 0.460 e. The topological polar surface area (TPSA) is 115 Å². The van der Waals surface area contributed by atoms with E-state index in [-0.39, 0.29) is 19.0 Å². The Balaban J connectivity index is 1.50. The number of hydrogen-bond donors (Lipinski definition) is 1. The number of rotatable bonds is 8. The van der Waals surface area contributed by atoms with Crippen LogP contribution < -0.4 is 5.32 Å².